The van der Waals surface area contributed by atoms with Crippen molar-refractivity contribution in [2.45, 2.75) is 45.4 Å². The maximum atomic E-state index is 12.9. The first-order valence-electron chi connectivity index (χ1n) is 11.3. The van der Waals surface area contributed by atoms with E-state index < -0.39 is 0 Å². The van der Waals surface area contributed by atoms with Crippen LogP contribution in [0.25, 0.3) is 0 Å². The zero-order valence-electron chi connectivity index (χ0n) is 18.6. The molecule has 32 heavy (non-hydrogen) atoms. The van der Waals surface area contributed by atoms with Crippen molar-refractivity contribution in [3.05, 3.63) is 59.7 Å². The molecule has 2 amide bonds. The number of carbonyl (C=O) groups is 2. The molecule has 7 heteroatoms. The number of rotatable bonds is 7. The quantitative estimate of drug-likeness (QED) is 0.456. The Bertz CT molecular complexity index is 940. The number of carbonyl (C=O) groups excluding carboxylic acids is 2. The lowest BCUT2D eigenvalue weighted by molar-refractivity contribution is 0.0761. The average Bonchev–Trinajstić information content (AvgIpc) is 3.09. The fraction of sp³-hybridized carbons (Fsp3) is 0.400. The zero-order chi connectivity index (χ0) is 22.8. The monoisotopic (exact) mass is 453 g/mol. The summed E-state index contributed by atoms with van der Waals surface area (Å²) in [5.74, 6) is 0.371. The minimum Gasteiger partial charge on any atom is -0.494 e. The molecule has 3 rings (SSSR count). The maximum Gasteiger partial charge on any atom is 0.257 e. The van der Waals surface area contributed by atoms with Crippen LogP contribution in [0.4, 0.5) is 5.69 Å². The van der Waals surface area contributed by atoms with Crippen molar-refractivity contribution in [1.82, 2.24) is 10.2 Å². The SMILES string of the molecule is CCCCOc1cccc(C(=O)NC(=S)Nc2cccc(C(=O)N3CCCCCC3)c2)c1. The van der Waals surface area contributed by atoms with Crippen LogP contribution in [0.1, 0.15) is 66.2 Å². The number of ether oxygens (including phenoxy) is 1. The molecule has 0 atom stereocenters. The number of amides is 2. The van der Waals surface area contributed by atoms with Gasteiger partial charge in [0.1, 0.15) is 5.75 Å². The van der Waals surface area contributed by atoms with Gasteiger partial charge >= 0.3 is 0 Å². The summed E-state index contributed by atoms with van der Waals surface area (Å²) in [5.41, 5.74) is 1.74. The van der Waals surface area contributed by atoms with Gasteiger partial charge in [-0.3, -0.25) is 14.9 Å². The topological polar surface area (TPSA) is 70.7 Å². The van der Waals surface area contributed by atoms with Crippen LogP contribution in [0.3, 0.4) is 0 Å². The normalized spacial score (nSPS) is 13.7. The molecule has 2 N–H and O–H groups in total. The van der Waals surface area contributed by atoms with Crippen LogP contribution in [-0.4, -0.2) is 41.5 Å². The predicted octanol–water partition coefficient (Wildman–Crippen LogP) is 5.01. The summed E-state index contributed by atoms with van der Waals surface area (Å²) in [5, 5.41) is 5.87. The Hall–Kier alpha value is -2.93. The standard InChI is InChI=1S/C25H31N3O3S/c1-2-3-16-31-22-13-9-10-19(18-22)23(29)27-25(32)26-21-12-8-11-20(17-21)24(30)28-14-6-4-5-7-15-28/h8-13,17-18H,2-7,14-16H2,1H3,(H2,26,27,29,32). The van der Waals surface area contributed by atoms with E-state index >= 15 is 0 Å². The summed E-state index contributed by atoms with van der Waals surface area (Å²) in [6.45, 7) is 4.31. The van der Waals surface area contributed by atoms with Crippen LogP contribution < -0.4 is 15.4 Å². The second-order valence-electron chi connectivity index (χ2n) is 7.93. The van der Waals surface area contributed by atoms with Crippen molar-refractivity contribution < 1.29 is 14.3 Å². The van der Waals surface area contributed by atoms with Crippen molar-refractivity contribution in [1.29, 1.82) is 0 Å². The molecule has 0 aliphatic carbocycles. The average molecular weight is 454 g/mol. The van der Waals surface area contributed by atoms with Gasteiger partial charge in [0, 0.05) is 29.9 Å². The number of anilines is 1. The number of thiocarbonyl (C=S) groups is 1. The van der Waals surface area contributed by atoms with Gasteiger partial charge in [-0.15, -0.1) is 0 Å². The molecular formula is C25H31N3O3S. The molecule has 0 unspecified atom stereocenters. The Morgan fingerprint density at radius 3 is 2.47 bits per heavy atom. The predicted molar refractivity (Wildman–Crippen MR) is 131 cm³/mol. The number of likely N-dealkylation sites (tertiary alicyclic amines) is 1. The Morgan fingerprint density at radius 1 is 1.00 bits per heavy atom. The number of benzene rings is 2. The molecule has 1 fully saturated rings. The van der Waals surface area contributed by atoms with Gasteiger partial charge in [-0.1, -0.05) is 38.3 Å². The van der Waals surface area contributed by atoms with E-state index in [1.165, 1.54) is 12.8 Å². The van der Waals surface area contributed by atoms with Crippen molar-refractivity contribution in [2.24, 2.45) is 0 Å². The van der Waals surface area contributed by atoms with Crippen molar-refractivity contribution in [2.75, 3.05) is 25.0 Å². The van der Waals surface area contributed by atoms with Gasteiger partial charge in [0.25, 0.3) is 11.8 Å². The third-order valence-corrected chi connectivity index (χ3v) is 5.55. The second kappa shape index (κ2) is 12.2. The van der Waals surface area contributed by atoms with Gasteiger partial charge in [-0.05, 0) is 67.9 Å². The maximum absolute atomic E-state index is 12.9. The number of hydrogen-bond acceptors (Lipinski definition) is 4. The largest absolute Gasteiger partial charge is 0.494 e. The molecule has 1 heterocycles. The molecule has 0 aromatic heterocycles. The van der Waals surface area contributed by atoms with Crippen LogP contribution in [0.5, 0.6) is 5.75 Å². The first-order chi connectivity index (χ1) is 15.6. The molecular weight excluding hydrogens is 422 g/mol. The van der Waals surface area contributed by atoms with Gasteiger partial charge in [0.15, 0.2) is 5.11 Å². The molecule has 170 valence electrons. The third-order valence-electron chi connectivity index (χ3n) is 5.35. The first kappa shape index (κ1) is 23.7. The van der Waals surface area contributed by atoms with Gasteiger partial charge in [0.2, 0.25) is 0 Å². The third kappa shape index (κ3) is 7.05. The summed E-state index contributed by atoms with van der Waals surface area (Å²) in [4.78, 5) is 27.4. The highest BCUT2D eigenvalue weighted by Gasteiger charge is 2.17. The Balaban J connectivity index is 1.58. The van der Waals surface area contributed by atoms with Crippen molar-refractivity contribution in [3.8, 4) is 5.75 Å². The smallest absolute Gasteiger partial charge is 0.257 e. The molecule has 2 aromatic rings. The van der Waals surface area contributed by atoms with E-state index in [-0.39, 0.29) is 16.9 Å². The van der Waals surface area contributed by atoms with Gasteiger partial charge in [-0.2, -0.15) is 0 Å². The molecule has 6 nitrogen and oxygen atoms in total. The molecule has 1 aliphatic rings. The Morgan fingerprint density at radius 2 is 1.72 bits per heavy atom. The molecule has 1 saturated heterocycles. The summed E-state index contributed by atoms with van der Waals surface area (Å²) < 4.78 is 5.67. The highest BCUT2D eigenvalue weighted by molar-refractivity contribution is 7.80. The molecule has 0 radical (unpaired) electrons. The lowest BCUT2D eigenvalue weighted by atomic mass is 10.1. The van der Waals surface area contributed by atoms with E-state index in [4.69, 9.17) is 17.0 Å². The first-order valence-corrected chi connectivity index (χ1v) is 11.7. The van der Waals surface area contributed by atoms with E-state index in [0.717, 1.165) is 38.8 Å². The van der Waals surface area contributed by atoms with E-state index in [1.54, 1.807) is 24.3 Å². The van der Waals surface area contributed by atoms with Gasteiger partial charge < -0.3 is 15.0 Å². The molecule has 1 aliphatic heterocycles. The lowest BCUT2D eigenvalue weighted by Gasteiger charge is -2.20. The van der Waals surface area contributed by atoms with Crippen LogP contribution in [0.15, 0.2) is 48.5 Å². The number of unbranched alkanes of at least 4 members (excludes halogenated alkanes) is 1. The minimum absolute atomic E-state index is 0.0328. The summed E-state index contributed by atoms with van der Waals surface area (Å²) in [6, 6.07) is 14.2. The number of nitrogens with one attached hydrogen (secondary N) is 2. The van der Waals surface area contributed by atoms with Crippen LogP contribution >= 0.6 is 12.2 Å². The zero-order valence-corrected chi connectivity index (χ0v) is 19.4. The number of nitrogens with zero attached hydrogens (tertiary/aromatic N) is 1. The Kier molecular flexibility index (Phi) is 9.04. The van der Waals surface area contributed by atoms with Crippen LogP contribution in [0.2, 0.25) is 0 Å². The van der Waals surface area contributed by atoms with E-state index in [1.807, 2.05) is 29.2 Å². The second-order valence-corrected chi connectivity index (χ2v) is 8.33. The minimum atomic E-state index is -0.319. The number of hydrogen-bond donors (Lipinski definition) is 2. The highest BCUT2D eigenvalue weighted by Crippen LogP contribution is 2.17. The molecule has 0 bridgehead atoms. The van der Waals surface area contributed by atoms with Crippen molar-refractivity contribution >= 4 is 34.8 Å². The van der Waals surface area contributed by atoms with Crippen molar-refractivity contribution in [3.63, 3.8) is 0 Å². The lowest BCUT2D eigenvalue weighted by Crippen LogP contribution is -2.34. The molecule has 2 aromatic carbocycles. The van der Waals surface area contributed by atoms with Crippen LogP contribution in [-0.2, 0) is 0 Å². The van der Waals surface area contributed by atoms with E-state index in [9.17, 15) is 9.59 Å². The van der Waals surface area contributed by atoms with Gasteiger partial charge in [0.05, 0.1) is 6.61 Å². The van der Waals surface area contributed by atoms with Crippen LogP contribution in [0, 0.1) is 0 Å². The van der Waals surface area contributed by atoms with E-state index in [2.05, 4.69) is 17.6 Å². The molecule has 0 saturated carbocycles. The summed E-state index contributed by atoms with van der Waals surface area (Å²) >= 11 is 5.31. The Labute approximate surface area is 195 Å². The fourth-order valence-corrected chi connectivity index (χ4v) is 3.80. The fourth-order valence-electron chi connectivity index (χ4n) is 3.59. The van der Waals surface area contributed by atoms with E-state index in [0.29, 0.717) is 29.2 Å². The molecule has 0 spiro atoms. The summed E-state index contributed by atoms with van der Waals surface area (Å²) in [6.07, 6.45) is 6.45. The highest BCUT2D eigenvalue weighted by atomic mass is 32.1. The summed E-state index contributed by atoms with van der Waals surface area (Å²) in [7, 11) is 0. The van der Waals surface area contributed by atoms with Gasteiger partial charge in [-0.25, -0.2) is 0 Å².